The number of hydrogen-bond acceptors (Lipinski definition) is 3. The quantitative estimate of drug-likeness (QED) is 0.719. The van der Waals surface area contributed by atoms with E-state index in [0.717, 1.165) is 11.4 Å². The van der Waals surface area contributed by atoms with E-state index in [4.69, 9.17) is 5.73 Å². The normalized spacial score (nSPS) is 13.1. The molecule has 1 rings (SSSR count). The van der Waals surface area contributed by atoms with Crippen molar-refractivity contribution in [1.82, 2.24) is 0 Å². The third-order valence-corrected chi connectivity index (χ3v) is 3.61. The van der Waals surface area contributed by atoms with Gasteiger partial charge in [0.05, 0.1) is 6.54 Å². The number of rotatable bonds is 7. The van der Waals surface area contributed by atoms with Gasteiger partial charge in [0.15, 0.2) is 0 Å². The number of allylic oxidation sites excluding steroid dienone is 2. The fourth-order valence-electron chi connectivity index (χ4n) is 2.53. The molecule has 3 nitrogen and oxygen atoms in total. The monoisotopic (exact) mass is 301 g/mol. The van der Waals surface area contributed by atoms with Gasteiger partial charge in [0.25, 0.3) is 0 Å². The Labute approximate surface area is 135 Å². The minimum Gasteiger partial charge on any atom is -0.359 e. The molecule has 0 heterocycles. The number of benzene rings is 1. The zero-order chi connectivity index (χ0) is 16.7. The molecule has 22 heavy (non-hydrogen) atoms. The molecule has 0 saturated carbocycles. The number of anilines is 1. The molecular weight excluding hydrogens is 270 g/mol. The summed E-state index contributed by atoms with van der Waals surface area (Å²) in [4.78, 5) is 4.41. The molecule has 1 aromatic carbocycles. The second-order valence-electron chi connectivity index (χ2n) is 6.38. The van der Waals surface area contributed by atoms with E-state index < -0.39 is 0 Å². The van der Waals surface area contributed by atoms with Gasteiger partial charge in [-0.25, -0.2) is 0 Å². The predicted octanol–water partition coefficient (Wildman–Crippen LogP) is 4.67. The molecule has 3 heteroatoms. The van der Waals surface area contributed by atoms with Crippen LogP contribution in [-0.4, -0.2) is 18.8 Å². The minimum atomic E-state index is 0.487. The molecule has 122 valence electrons. The first-order valence-electron chi connectivity index (χ1n) is 8.16. The Bertz CT molecular complexity index is 513. The van der Waals surface area contributed by atoms with Gasteiger partial charge in [-0.3, -0.25) is 4.99 Å². The molecule has 0 unspecified atom stereocenters. The highest BCUT2D eigenvalue weighted by Gasteiger charge is 2.13. The smallest absolute Gasteiger partial charge is 0.0515 e. The third kappa shape index (κ3) is 5.30. The van der Waals surface area contributed by atoms with Crippen LogP contribution < -0.4 is 11.1 Å². The Morgan fingerprint density at radius 3 is 2.14 bits per heavy atom. The van der Waals surface area contributed by atoms with Crippen molar-refractivity contribution in [3.8, 4) is 0 Å². The summed E-state index contributed by atoms with van der Waals surface area (Å²) in [6.07, 6.45) is 2.08. The van der Waals surface area contributed by atoms with E-state index in [0.29, 0.717) is 24.9 Å². The van der Waals surface area contributed by atoms with E-state index in [1.807, 2.05) is 6.92 Å². The van der Waals surface area contributed by atoms with Crippen LogP contribution in [0.1, 0.15) is 64.5 Å². The van der Waals surface area contributed by atoms with Crippen LogP contribution in [0.2, 0.25) is 0 Å². The lowest BCUT2D eigenvalue weighted by Gasteiger charge is -2.21. The topological polar surface area (TPSA) is 50.4 Å². The lowest BCUT2D eigenvalue weighted by atomic mass is 9.92. The Morgan fingerprint density at radius 2 is 1.68 bits per heavy atom. The van der Waals surface area contributed by atoms with Crippen molar-refractivity contribution in [3.05, 3.63) is 41.1 Å². The second kappa shape index (κ2) is 8.74. The molecule has 1 aromatic rings. The van der Waals surface area contributed by atoms with Crippen LogP contribution in [0.15, 0.2) is 35.0 Å². The molecule has 0 aliphatic rings. The highest BCUT2D eigenvalue weighted by Crippen LogP contribution is 2.33. The fraction of sp³-hybridized carbons (Fsp3) is 0.526. The summed E-state index contributed by atoms with van der Waals surface area (Å²) in [6, 6.07) is 6.58. The van der Waals surface area contributed by atoms with Crippen LogP contribution in [0.25, 0.3) is 0 Å². The van der Waals surface area contributed by atoms with E-state index >= 15 is 0 Å². The molecular formula is C19H31N3. The summed E-state index contributed by atoms with van der Waals surface area (Å²) >= 11 is 0. The number of nitrogens with two attached hydrogens (primary N) is 1. The molecule has 3 N–H and O–H groups in total. The molecule has 0 atom stereocenters. The van der Waals surface area contributed by atoms with E-state index in [1.54, 1.807) is 0 Å². The van der Waals surface area contributed by atoms with Crippen molar-refractivity contribution in [2.75, 3.05) is 18.4 Å². The van der Waals surface area contributed by atoms with Gasteiger partial charge in [0.2, 0.25) is 0 Å². The average molecular weight is 301 g/mol. The van der Waals surface area contributed by atoms with Crippen molar-refractivity contribution >= 4 is 11.4 Å². The summed E-state index contributed by atoms with van der Waals surface area (Å²) in [5.41, 5.74) is 11.6. The van der Waals surface area contributed by atoms with Gasteiger partial charge in [-0.2, -0.15) is 0 Å². The molecule has 0 saturated heterocycles. The van der Waals surface area contributed by atoms with E-state index in [2.05, 4.69) is 69.2 Å². The molecule has 0 fully saturated rings. The van der Waals surface area contributed by atoms with Gasteiger partial charge in [0.1, 0.15) is 0 Å². The van der Waals surface area contributed by atoms with Crippen LogP contribution in [0.3, 0.4) is 0 Å². The number of aliphatic imine (C=N–C) groups is 1. The summed E-state index contributed by atoms with van der Waals surface area (Å²) in [5.74, 6) is 0.974. The third-order valence-electron chi connectivity index (χ3n) is 3.61. The summed E-state index contributed by atoms with van der Waals surface area (Å²) in [6.45, 7) is 14.3. The Hall–Kier alpha value is -1.61. The second-order valence-corrected chi connectivity index (χ2v) is 6.38. The van der Waals surface area contributed by atoms with Gasteiger partial charge in [-0.1, -0.05) is 45.9 Å². The maximum Gasteiger partial charge on any atom is 0.0515 e. The first kappa shape index (κ1) is 18.4. The van der Waals surface area contributed by atoms with Crippen molar-refractivity contribution in [2.45, 2.75) is 53.4 Å². The van der Waals surface area contributed by atoms with Gasteiger partial charge in [-0.05, 0) is 42.9 Å². The van der Waals surface area contributed by atoms with Crippen molar-refractivity contribution in [2.24, 2.45) is 10.7 Å². The van der Waals surface area contributed by atoms with E-state index in [9.17, 15) is 0 Å². The highest BCUT2D eigenvalue weighted by atomic mass is 14.9. The number of nitrogens with one attached hydrogen (secondary N) is 1. The summed E-state index contributed by atoms with van der Waals surface area (Å²) in [7, 11) is 0. The Balaban J connectivity index is 3.12. The molecule has 0 aromatic heterocycles. The van der Waals surface area contributed by atoms with Crippen molar-refractivity contribution in [3.63, 3.8) is 0 Å². The van der Waals surface area contributed by atoms with E-state index in [1.165, 1.54) is 16.8 Å². The van der Waals surface area contributed by atoms with Crippen molar-refractivity contribution < 1.29 is 0 Å². The minimum absolute atomic E-state index is 0.487. The SMILES string of the molecule is CC(/C=C(/C)Nc1c(C(C)C)cccc1C(C)C)=NCCN. The van der Waals surface area contributed by atoms with Gasteiger partial charge in [0, 0.05) is 23.6 Å². The van der Waals surface area contributed by atoms with Crippen molar-refractivity contribution in [1.29, 1.82) is 0 Å². The maximum absolute atomic E-state index is 5.49. The van der Waals surface area contributed by atoms with Crippen LogP contribution in [0, 0.1) is 0 Å². The molecule has 0 aliphatic heterocycles. The Morgan fingerprint density at radius 1 is 1.14 bits per heavy atom. The van der Waals surface area contributed by atoms with Gasteiger partial charge < -0.3 is 11.1 Å². The first-order valence-corrected chi connectivity index (χ1v) is 8.16. The first-order chi connectivity index (χ1) is 10.4. The zero-order valence-electron chi connectivity index (χ0n) is 14.9. The predicted molar refractivity (Wildman–Crippen MR) is 99.0 cm³/mol. The van der Waals surface area contributed by atoms with Crippen LogP contribution >= 0.6 is 0 Å². The van der Waals surface area contributed by atoms with Crippen LogP contribution in [0.4, 0.5) is 5.69 Å². The maximum atomic E-state index is 5.49. The summed E-state index contributed by atoms with van der Waals surface area (Å²) in [5, 5.41) is 3.60. The molecule has 0 aliphatic carbocycles. The summed E-state index contributed by atoms with van der Waals surface area (Å²) < 4.78 is 0. The number of hydrogen-bond donors (Lipinski definition) is 2. The number of nitrogens with zero attached hydrogens (tertiary/aromatic N) is 1. The molecule has 0 bridgehead atoms. The highest BCUT2D eigenvalue weighted by molar-refractivity contribution is 5.93. The van der Waals surface area contributed by atoms with Crippen LogP contribution in [0.5, 0.6) is 0 Å². The lowest BCUT2D eigenvalue weighted by Crippen LogP contribution is -2.08. The average Bonchev–Trinajstić information content (AvgIpc) is 2.44. The lowest BCUT2D eigenvalue weighted by molar-refractivity contribution is 0.837. The standard InChI is InChI=1S/C19H31N3/c1-13(2)17-8-7-9-18(14(3)4)19(17)22-16(6)12-15(5)21-11-10-20/h7-9,12-14,22H,10-11,20H2,1-6H3/b16-12-,21-15?. The van der Waals surface area contributed by atoms with Crippen LogP contribution in [-0.2, 0) is 0 Å². The Kier molecular flexibility index (Phi) is 7.33. The zero-order valence-corrected chi connectivity index (χ0v) is 14.9. The molecule has 0 amide bonds. The van der Waals surface area contributed by atoms with Gasteiger partial charge in [-0.15, -0.1) is 0 Å². The fourth-order valence-corrected chi connectivity index (χ4v) is 2.53. The van der Waals surface area contributed by atoms with Gasteiger partial charge >= 0.3 is 0 Å². The molecule has 0 radical (unpaired) electrons. The largest absolute Gasteiger partial charge is 0.359 e. The van der Waals surface area contributed by atoms with E-state index in [-0.39, 0.29) is 0 Å². The molecule has 0 spiro atoms. The number of para-hydroxylation sites is 1.